The molecule has 1 heterocycles. The van der Waals surface area contributed by atoms with E-state index in [-0.39, 0.29) is 0 Å². The number of hydrogen-bond donors (Lipinski definition) is 1. The highest BCUT2D eigenvalue weighted by Crippen LogP contribution is 2.24. The summed E-state index contributed by atoms with van der Waals surface area (Å²) in [6, 6.07) is 0. The molecule has 0 fully saturated rings. The molecule has 0 aromatic carbocycles. The lowest BCUT2D eigenvalue weighted by Crippen LogP contribution is -2.19. The van der Waals surface area contributed by atoms with Crippen LogP contribution in [0.2, 0.25) is 0 Å². The molecule has 1 unspecified atom stereocenters. The van der Waals surface area contributed by atoms with Crippen LogP contribution in [0.4, 0.5) is 0 Å². The van der Waals surface area contributed by atoms with Gasteiger partial charge in [-0.05, 0) is 18.4 Å². The van der Waals surface area contributed by atoms with E-state index in [9.17, 15) is 0 Å². The maximum absolute atomic E-state index is 5.68. The van der Waals surface area contributed by atoms with Gasteiger partial charge in [-0.3, -0.25) is 0 Å². The summed E-state index contributed by atoms with van der Waals surface area (Å²) in [7, 11) is 0. The lowest BCUT2D eigenvalue weighted by atomic mass is 9.90. The molecule has 2 heteroatoms. The van der Waals surface area contributed by atoms with Gasteiger partial charge in [-0.2, -0.15) is 0 Å². The van der Waals surface area contributed by atoms with Gasteiger partial charge < -0.3 is 5.73 Å². The van der Waals surface area contributed by atoms with Gasteiger partial charge in [0, 0.05) is 18.5 Å². The molecule has 0 aromatic heterocycles. The molecule has 0 spiro atoms. The Balaban J connectivity index is 2.10. The summed E-state index contributed by atoms with van der Waals surface area (Å²) in [5.74, 6) is 1.20. The molecule has 2 aliphatic rings. The Morgan fingerprint density at radius 3 is 3.00 bits per heavy atom. The molecule has 2 nitrogen and oxygen atoms in total. The van der Waals surface area contributed by atoms with Gasteiger partial charge in [0.2, 0.25) is 0 Å². The number of rotatable bonds is 1. The number of hydrogen-bond acceptors (Lipinski definition) is 2. The standard InChI is InChI=1S/C11H14N2/c12-11-8-10(6-7-13-11)9-4-2-1-3-5-9/h2,4-7,10H,1,3,8H2,(H2,12,13). The van der Waals surface area contributed by atoms with Crippen LogP contribution >= 0.6 is 0 Å². The summed E-state index contributed by atoms with van der Waals surface area (Å²) in [6.07, 6.45) is 13.9. The van der Waals surface area contributed by atoms with Gasteiger partial charge in [0.05, 0.1) is 5.84 Å². The summed E-state index contributed by atoms with van der Waals surface area (Å²) in [6.45, 7) is 0. The molecule has 1 aliphatic heterocycles. The topological polar surface area (TPSA) is 38.4 Å². The average Bonchev–Trinajstić information content (AvgIpc) is 2.19. The fraction of sp³-hybridized carbons (Fsp3) is 0.364. The molecule has 68 valence electrons. The van der Waals surface area contributed by atoms with Crippen LogP contribution in [0.15, 0.2) is 41.1 Å². The monoisotopic (exact) mass is 174 g/mol. The molecule has 0 saturated carbocycles. The van der Waals surface area contributed by atoms with Crippen molar-refractivity contribution in [2.75, 3.05) is 0 Å². The molecule has 1 aliphatic carbocycles. The Labute approximate surface area is 78.5 Å². The van der Waals surface area contributed by atoms with Gasteiger partial charge >= 0.3 is 0 Å². The summed E-state index contributed by atoms with van der Waals surface area (Å²) >= 11 is 0. The Morgan fingerprint density at radius 1 is 1.38 bits per heavy atom. The maximum atomic E-state index is 5.68. The van der Waals surface area contributed by atoms with Crippen molar-refractivity contribution in [3.05, 3.63) is 36.1 Å². The van der Waals surface area contributed by atoms with Crippen LogP contribution in [0, 0.1) is 5.92 Å². The Kier molecular flexibility index (Phi) is 2.30. The van der Waals surface area contributed by atoms with Crippen LogP contribution < -0.4 is 5.73 Å². The number of nitrogens with two attached hydrogens (primary N) is 1. The van der Waals surface area contributed by atoms with Crippen molar-refractivity contribution in [2.24, 2.45) is 16.6 Å². The second-order valence-electron chi connectivity index (χ2n) is 3.46. The molecule has 2 rings (SSSR count). The second-order valence-corrected chi connectivity index (χ2v) is 3.46. The van der Waals surface area contributed by atoms with Gasteiger partial charge in [0.25, 0.3) is 0 Å². The van der Waals surface area contributed by atoms with Gasteiger partial charge in [0.15, 0.2) is 0 Å². The predicted molar refractivity (Wildman–Crippen MR) is 55.3 cm³/mol. The summed E-state index contributed by atoms with van der Waals surface area (Å²) in [5, 5.41) is 0. The molecule has 0 aromatic rings. The SMILES string of the molecule is NC1=NC=CC(C2=CCCC=C2)C1. The highest BCUT2D eigenvalue weighted by molar-refractivity contribution is 5.82. The highest BCUT2D eigenvalue weighted by atomic mass is 14.8. The highest BCUT2D eigenvalue weighted by Gasteiger charge is 2.14. The Bertz CT molecular complexity index is 308. The van der Waals surface area contributed by atoms with Gasteiger partial charge in [0.1, 0.15) is 0 Å². The minimum atomic E-state index is 0.453. The number of aliphatic imine (C=N–C) groups is 1. The largest absolute Gasteiger partial charge is 0.387 e. The molecule has 1 atom stereocenters. The van der Waals surface area contributed by atoms with Gasteiger partial charge in [-0.15, -0.1) is 0 Å². The molecular weight excluding hydrogens is 160 g/mol. The van der Waals surface area contributed by atoms with Crippen LogP contribution in [0.25, 0.3) is 0 Å². The normalized spacial score (nSPS) is 26.9. The van der Waals surface area contributed by atoms with E-state index in [0.717, 1.165) is 18.7 Å². The predicted octanol–water partition coefficient (Wildman–Crippen LogP) is 2.15. The molecule has 0 radical (unpaired) electrons. The zero-order chi connectivity index (χ0) is 9.10. The molecule has 0 amide bonds. The third-order valence-corrected chi connectivity index (χ3v) is 2.44. The fourth-order valence-corrected chi connectivity index (χ4v) is 1.73. The second kappa shape index (κ2) is 3.60. The van der Waals surface area contributed by atoms with Crippen molar-refractivity contribution in [3.63, 3.8) is 0 Å². The molecule has 13 heavy (non-hydrogen) atoms. The first kappa shape index (κ1) is 8.30. The number of allylic oxidation sites excluding steroid dienone is 5. The van der Waals surface area contributed by atoms with Crippen molar-refractivity contribution in [1.82, 2.24) is 0 Å². The van der Waals surface area contributed by atoms with Crippen LogP contribution in [0.5, 0.6) is 0 Å². The van der Waals surface area contributed by atoms with Crippen LogP contribution in [0.1, 0.15) is 19.3 Å². The van der Waals surface area contributed by atoms with Crippen LogP contribution in [-0.4, -0.2) is 5.84 Å². The Morgan fingerprint density at radius 2 is 2.31 bits per heavy atom. The minimum absolute atomic E-state index is 0.453. The van der Waals surface area contributed by atoms with Crippen LogP contribution in [-0.2, 0) is 0 Å². The van der Waals surface area contributed by atoms with E-state index >= 15 is 0 Å². The smallest absolute Gasteiger partial charge is 0.0998 e. The third-order valence-electron chi connectivity index (χ3n) is 2.44. The Hall–Kier alpha value is -1.31. The van der Waals surface area contributed by atoms with E-state index in [0.29, 0.717) is 5.92 Å². The lowest BCUT2D eigenvalue weighted by molar-refractivity contribution is 0.783. The average molecular weight is 174 g/mol. The first-order valence-corrected chi connectivity index (χ1v) is 4.71. The van der Waals surface area contributed by atoms with E-state index in [1.54, 1.807) is 0 Å². The number of amidine groups is 1. The molecule has 2 N–H and O–H groups in total. The van der Waals surface area contributed by atoms with Gasteiger partial charge in [-0.1, -0.05) is 24.3 Å². The van der Waals surface area contributed by atoms with Crippen molar-refractivity contribution < 1.29 is 0 Å². The fourth-order valence-electron chi connectivity index (χ4n) is 1.73. The first-order chi connectivity index (χ1) is 6.36. The van der Waals surface area contributed by atoms with Crippen molar-refractivity contribution in [2.45, 2.75) is 19.3 Å². The van der Waals surface area contributed by atoms with E-state index in [2.05, 4.69) is 29.3 Å². The molecule has 0 bridgehead atoms. The molecular formula is C11H14N2. The maximum Gasteiger partial charge on any atom is 0.0998 e. The van der Waals surface area contributed by atoms with E-state index in [4.69, 9.17) is 5.73 Å². The first-order valence-electron chi connectivity index (χ1n) is 4.71. The summed E-state index contributed by atoms with van der Waals surface area (Å²) in [5.41, 5.74) is 7.07. The van der Waals surface area contributed by atoms with Crippen LogP contribution in [0.3, 0.4) is 0 Å². The van der Waals surface area contributed by atoms with E-state index in [1.807, 2.05) is 6.20 Å². The lowest BCUT2D eigenvalue weighted by Gasteiger charge is -2.18. The van der Waals surface area contributed by atoms with Gasteiger partial charge in [-0.25, -0.2) is 4.99 Å². The van der Waals surface area contributed by atoms with Crippen molar-refractivity contribution in [3.8, 4) is 0 Å². The quantitative estimate of drug-likeness (QED) is 0.650. The van der Waals surface area contributed by atoms with Crippen molar-refractivity contribution in [1.29, 1.82) is 0 Å². The zero-order valence-electron chi connectivity index (χ0n) is 7.61. The molecule has 0 saturated heterocycles. The van der Waals surface area contributed by atoms with Crippen molar-refractivity contribution >= 4 is 5.84 Å². The minimum Gasteiger partial charge on any atom is -0.387 e. The van der Waals surface area contributed by atoms with E-state index in [1.165, 1.54) is 12.0 Å². The third kappa shape index (κ3) is 1.89. The van der Waals surface area contributed by atoms with E-state index < -0.39 is 0 Å². The summed E-state index contributed by atoms with van der Waals surface area (Å²) in [4.78, 5) is 4.04. The zero-order valence-corrected chi connectivity index (χ0v) is 7.61. The number of nitrogens with zero attached hydrogens (tertiary/aromatic N) is 1. The summed E-state index contributed by atoms with van der Waals surface area (Å²) < 4.78 is 0.